The highest BCUT2D eigenvalue weighted by molar-refractivity contribution is 5.93. The van der Waals surface area contributed by atoms with Crippen LogP contribution in [0.1, 0.15) is 5.56 Å². The standard InChI is InChI=1S/C20H16N2O5/c23-19(21-17-6-3-7-18(12-17)22(25)26)13-27-20(24)11-14-8-9-15-4-1-2-5-16(15)10-14/h1-10,12H,11,13H2,(H,21,23). The number of hydrogen-bond acceptors (Lipinski definition) is 5. The van der Waals surface area contributed by atoms with Gasteiger partial charge in [-0.15, -0.1) is 0 Å². The van der Waals surface area contributed by atoms with E-state index in [0.29, 0.717) is 0 Å². The van der Waals surface area contributed by atoms with Crippen LogP contribution < -0.4 is 5.32 Å². The molecule has 0 aliphatic rings. The van der Waals surface area contributed by atoms with Gasteiger partial charge in [-0.1, -0.05) is 48.5 Å². The quantitative estimate of drug-likeness (QED) is 0.410. The van der Waals surface area contributed by atoms with Crippen LogP contribution in [-0.2, 0) is 20.7 Å². The third kappa shape index (κ3) is 4.88. The highest BCUT2D eigenvalue weighted by Crippen LogP contribution is 2.17. The molecule has 0 atom stereocenters. The maximum Gasteiger partial charge on any atom is 0.310 e. The normalized spacial score (nSPS) is 10.4. The SMILES string of the molecule is O=C(COC(=O)Cc1ccc2ccccc2c1)Nc1cccc([N+](=O)[O-])c1. The number of ether oxygens (including phenoxy) is 1. The molecule has 0 heterocycles. The number of benzene rings is 3. The van der Waals surface area contributed by atoms with Gasteiger partial charge in [0, 0.05) is 17.8 Å². The minimum Gasteiger partial charge on any atom is -0.455 e. The number of anilines is 1. The molecule has 0 fully saturated rings. The van der Waals surface area contributed by atoms with E-state index in [0.717, 1.165) is 16.3 Å². The van der Waals surface area contributed by atoms with Crippen molar-refractivity contribution in [3.63, 3.8) is 0 Å². The van der Waals surface area contributed by atoms with Gasteiger partial charge in [0.1, 0.15) is 0 Å². The summed E-state index contributed by atoms with van der Waals surface area (Å²) in [5.74, 6) is -1.10. The molecule has 0 spiro atoms. The fraction of sp³-hybridized carbons (Fsp3) is 0.100. The number of nitrogens with zero attached hydrogens (tertiary/aromatic N) is 1. The van der Waals surface area contributed by atoms with Crippen LogP contribution in [0.5, 0.6) is 0 Å². The number of amides is 1. The summed E-state index contributed by atoms with van der Waals surface area (Å²) in [5.41, 5.74) is 0.915. The summed E-state index contributed by atoms with van der Waals surface area (Å²) in [5, 5.41) is 15.3. The van der Waals surface area contributed by atoms with Crippen LogP contribution in [0.2, 0.25) is 0 Å². The van der Waals surface area contributed by atoms with Crippen molar-refractivity contribution in [2.24, 2.45) is 0 Å². The third-order valence-corrected chi connectivity index (χ3v) is 3.87. The van der Waals surface area contributed by atoms with Crippen LogP contribution >= 0.6 is 0 Å². The van der Waals surface area contributed by atoms with E-state index in [-0.39, 0.29) is 17.8 Å². The Balaban J connectivity index is 1.52. The van der Waals surface area contributed by atoms with E-state index < -0.39 is 23.4 Å². The van der Waals surface area contributed by atoms with Gasteiger partial charge in [0.05, 0.1) is 11.3 Å². The number of non-ortho nitro benzene ring substituents is 1. The van der Waals surface area contributed by atoms with E-state index in [1.165, 1.54) is 24.3 Å². The smallest absolute Gasteiger partial charge is 0.310 e. The third-order valence-electron chi connectivity index (χ3n) is 3.87. The Morgan fingerprint density at radius 2 is 1.74 bits per heavy atom. The molecule has 0 bridgehead atoms. The molecule has 0 aliphatic heterocycles. The number of nitrogens with one attached hydrogen (secondary N) is 1. The van der Waals surface area contributed by atoms with Crippen LogP contribution in [0.15, 0.2) is 66.7 Å². The second-order valence-electron chi connectivity index (χ2n) is 5.87. The lowest BCUT2D eigenvalue weighted by Crippen LogP contribution is -2.21. The molecule has 0 radical (unpaired) electrons. The second kappa shape index (κ2) is 8.09. The maximum absolute atomic E-state index is 12.0. The first-order valence-electron chi connectivity index (χ1n) is 8.19. The monoisotopic (exact) mass is 364 g/mol. The predicted molar refractivity (Wildman–Crippen MR) is 100 cm³/mol. The molecule has 0 aliphatic carbocycles. The topological polar surface area (TPSA) is 98.5 Å². The zero-order valence-electron chi connectivity index (χ0n) is 14.3. The van der Waals surface area contributed by atoms with Gasteiger partial charge in [0.2, 0.25) is 0 Å². The second-order valence-corrected chi connectivity index (χ2v) is 5.87. The molecule has 0 saturated carbocycles. The number of hydrogen-bond donors (Lipinski definition) is 1. The van der Waals surface area contributed by atoms with E-state index in [2.05, 4.69) is 5.32 Å². The number of nitro groups is 1. The molecule has 3 aromatic rings. The zero-order chi connectivity index (χ0) is 19.2. The highest BCUT2D eigenvalue weighted by atomic mass is 16.6. The van der Waals surface area contributed by atoms with Crippen molar-refractivity contribution in [1.29, 1.82) is 0 Å². The Morgan fingerprint density at radius 3 is 2.52 bits per heavy atom. The summed E-state index contributed by atoms with van der Waals surface area (Å²) in [6.07, 6.45) is 0.0505. The molecule has 136 valence electrons. The molecule has 27 heavy (non-hydrogen) atoms. The number of nitro benzene ring substituents is 1. The van der Waals surface area contributed by atoms with E-state index in [9.17, 15) is 19.7 Å². The molecule has 0 saturated heterocycles. The first kappa shape index (κ1) is 18.1. The highest BCUT2D eigenvalue weighted by Gasteiger charge is 2.11. The van der Waals surface area contributed by atoms with Crippen LogP contribution in [0.3, 0.4) is 0 Å². The van der Waals surface area contributed by atoms with Gasteiger partial charge in [-0.25, -0.2) is 0 Å². The number of carbonyl (C=O) groups excluding carboxylic acids is 2. The molecule has 7 nitrogen and oxygen atoms in total. The molecular weight excluding hydrogens is 348 g/mol. The molecule has 3 aromatic carbocycles. The Morgan fingerprint density at radius 1 is 0.963 bits per heavy atom. The van der Waals surface area contributed by atoms with Gasteiger partial charge in [-0.05, 0) is 22.4 Å². The van der Waals surface area contributed by atoms with Crippen LogP contribution in [-0.4, -0.2) is 23.4 Å². The number of esters is 1. The number of rotatable bonds is 6. The van der Waals surface area contributed by atoms with Crippen molar-refractivity contribution in [3.05, 3.63) is 82.4 Å². The van der Waals surface area contributed by atoms with E-state index in [4.69, 9.17) is 4.74 Å². The molecule has 0 unspecified atom stereocenters. The maximum atomic E-state index is 12.0. The largest absolute Gasteiger partial charge is 0.455 e. The summed E-state index contributed by atoms with van der Waals surface area (Å²) in [6, 6.07) is 19.0. The minimum atomic E-state index is -0.567. The van der Waals surface area contributed by atoms with Crippen molar-refractivity contribution < 1.29 is 19.2 Å². The van der Waals surface area contributed by atoms with Gasteiger partial charge in [-0.3, -0.25) is 19.7 Å². The van der Waals surface area contributed by atoms with E-state index in [1.807, 2.05) is 42.5 Å². The Bertz CT molecular complexity index is 1020. The average molecular weight is 364 g/mol. The molecule has 7 heteroatoms. The first-order valence-corrected chi connectivity index (χ1v) is 8.19. The Labute approximate surface area is 154 Å². The lowest BCUT2D eigenvalue weighted by atomic mass is 10.1. The molecular formula is C20H16N2O5. The molecule has 0 aromatic heterocycles. The van der Waals surface area contributed by atoms with Crippen molar-refractivity contribution in [3.8, 4) is 0 Å². The average Bonchev–Trinajstić information content (AvgIpc) is 2.66. The summed E-state index contributed by atoms with van der Waals surface area (Å²) < 4.78 is 4.98. The molecule has 1 N–H and O–H groups in total. The van der Waals surface area contributed by atoms with Gasteiger partial charge < -0.3 is 10.1 Å². The van der Waals surface area contributed by atoms with Crippen LogP contribution in [0.25, 0.3) is 10.8 Å². The lowest BCUT2D eigenvalue weighted by Gasteiger charge is -2.07. The minimum absolute atomic E-state index is 0.0505. The summed E-state index contributed by atoms with van der Waals surface area (Å²) in [4.78, 5) is 34.0. The van der Waals surface area contributed by atoms with Gasteiger partial charge in [-0.2, -0.15) is 0 Å². The lowest BCUT2D eigenvalue weighted by molar-refractivity contribution is -0.384. The van der Waals surface area contributed by atoms with Crippen LogP contribution in [0, 0.1) is 10.1 Å². The fourth-order valence-electron chi connectivity index (χ4n) is 2.61. The van der Waals surface area contributed by atoms with E-state index >= 15 is 0 Å². The van der Waals surface area contributed by atoms with E-state index in [1.54, 1.807) is 0 Å². The summed E-state index contributed by atoms with van der Waals surface area (Å²) >= 11 is 0. The van der Waals surface area contributed by atoms with Crippen molar-refractivity contribution in [1.82, 2.24) is 0 Å². The Kier molecular flexibility index (Phi) is 5.41. The van der Waals surface area contributed by atoms with Gasteiger partial charge >= 0.3 is 5.97 Å². The number of fused-ring (bicyclic) bond motifs is 1. The van der Waals surface area contributed by atoms with Crippen molar-refractivity contribution in [2.45, 2.75) is 6.42 Å². The van der Waals surface area contributed by atoms with Gasteiger partial charge in [0.25, 0.3) is 11.6 Å². The first-order chi connectivity index (χ1) is 13.0. The zero-order valence-corrected chi connectivity index (χ0v) is 14.3. The molecule has 3 rings (SSSR count). The summed E-state index contributed by atoms with van der Waals surface area (Å²) in [6.45, 7) is -0.463. The van der Waals surface area contributed by atoms with Crippen LogP contribution in [0.4, 0.5) is 11.4 Å². The summed E-state index contributed by atoms with van der Waals surface area (Å²) in [7, 11) is 0. The predicted octanol–water partition coefficient (Wildman–Crippen LogP) is 3.47. The van der Waals surface area contributed by atoms with Crippen molar-refractivity contribution in [2.75, 3.05) is 11.9 Å². The Hall–Kier alpha value is -3.74. The fourth-order valence-corrected chi connectivity index (χ4v) is 2.61. The molecule has 1 amide bonds. The number of carbonyl (C=O) groups is 2. The van der Waals surface area contributed by atoms with Gasteiger partial charge in [0.15, 0.2) is 6.61 Å². The van der Waals surface area contributed by atoms with Crippen molar-refractivity contribution >= 4 is 34.0 Å².